The Hall–Kier alpha value is -6.18. The molecule has 0 saturated heterocycles. The average Bonchev–Trinajstić information content (AvgIpc) is 3.26. The summed E-state index contributed by atoms with van der Waals surface area (Å²) in [6, 6.07) is 55.1. The fourth-order valence-corrected chi connectivity index (χ4v) is 10.1. The molecule has 0 radical (unpaired) electrons. The third-order valence-electron chi connectivity index (χ3n) is 12.4. The molecule has 6 aromatic carbocycles. The number of nitriles is 1. The van der Waals surface area contributed by atoms with Crippen molar-refractivity contribution in [2.24, 2.45) is 17.8 Å². The van der Waals surface area contributed by atoms with Gasteiger partial charge in [-0.3, -0.25) is 0 Å². The highest BCUT2D eigenvalue weighted by Gasteiger charge is 2.45. The Morgan fingerprint density at radius 1 is 0.554 bits per heavy atom. The van der Waals surface area contributed by atoms with Crippen LogP contribution >= 0.6 is 0 Å². The van der Waals surface area contributed by atoms with Crippen molar-refractivity contribution in [2.45, 2.75) is 57.8 Å². The van der Waals surface area contributed by atoms with Gasteiger partial charge in [0.1, 0.15) is 0 Å². The van der Waals surface area contributed by atoms with E-state index in [0.717, 1.165) is 67.8 Å². The SMILES string of the molecule is CC[C@H]1C[C@H]2C[C@@H](C)CC(c3ccc(-c4c(C#N)cc(-c5nc(-c6ccccc6)nc(-c6ccccc6-c6ccccc6)n5)cc4-c4ccccc4)cc3)(C2)C1. The van der Waals surface area contributed by atoms with E-state index in [2.05, 4.69) is 98.8 Å². The average molecular weight is 727 g/mol. The fraction of sp³-hybridized carbons (Fsp3) is 0.231. The maximum absolute atomic E-state index is 10.9. The molecule has 0 aliphatic heterocycles. The number of hydrogen-bond acceptors (Lipinski definition) is 4. The molecule has 274 valence electrons. The van der Waals surface area contributed by atoms with Gasteiger partial charge in [0.15, 0.2) is 17.5 Å². The van der Waals surface area contributed by atoms with Gasteiger partial charge in [-0.25, -0.2) is 15.0 Å². The van der Waals surface area contributed by atoms with Crippen molar-refractivity contribution in [3.8, 4) is 73.6 Å². The van der Waals surface area contributed by atoms with Gasteiger partial charge in [0.25, 0.3) is 0 Å². The maximum atomic E-state index is 10.9. The Bertz CT molecular complexity index is 2520. The third kappa shape index (κ3) is 6.84. The van der Waals surface area contributed by atoms with E-state index in [1.165, 1.54) is 44.1 Å². The summed E-state index contributed by atoms with van der Waals surface area (Å²) in [5.74, 6) is 4.06. The first kappa shape index (κ1) is 35.5. The van der Waals surface area contributed by atoms with Crippen LogP contribution in [0.5, 0.6) is 0 Å². The monoisotopic (exact) mass is 726 g/mol. The lowest BCUT2D eigenvalue weighted by atomic mass is 9.54. The number of rotatable bonds is 8. The summed E-state index contributed by atoms with van der Waals surface area (Å²) in [5.41, 5.74) is 11.0. The topological polar surface area (TPSA) is 62.5 Å². The molecule has 2 fully saturated rings. The standard InChI is InChI=1S/C52H46N4/c1-3-36-28-37-27-35(2)31-52(32-36,33-37)44-25-23-40(24-26-44)48-43(34-53)29-42(30-47(48)39-17-9-5-10-18-39)50-54-49(41-19-11-6-12-20-41)55-51(56-50)46-22-14-13-21-45(46)38-15-7-4-8-16-38/h4-26,29-30,35-37H,3,27-28,31-33H2,1-2H3/t35-,36+,37-,52?/m1/s1. The Balaban J connectivity index is 1.20. The molecule has 7 aromatic rings. The molecule has 2 aliphatic rings. The van der Waals surface area contributed by atoms with Crippen molar-refractivity contribution >= 4 is 0 Å². The predicted molar refractivity (Wildman–Crippen MR) is 228 cm³/mol. The molecule has 9 rings (SSSR count). The van der Waals surface area contributed by atoms with Crippen molar-refractivity contribution < 1.29 is 0 Å². The summed E-state index contributed by atoms with van der Waals surface area (Å²) < 4.78 is 0. The minimum atomic E-state index is 0.246. The largest absolute Gasteiger partial charge is 0.208 e. The van der Waals surface area contributed by atoms with Gasteiger partial charge in [0.05, 0.1) is 11.6 Å². The fourth-order valence-electron chi connectivity index (χ4n) is 10.1. The van der Waals surface area contributed by atoms with E-state index in [4.69, 9.17) is 15.0 Å². The number of hydrogen-bond donors (Lipinski definition) is 0. The molecule has 4 atom stereocenters. The Morgan fingerprint density at radius 2 is 1.12 bits per heavy atom. The number of fused-ring (bicyclic) bond motifs is 2. The van der Waals surface area contributed by atoms with E-state index in [1.54, 1.807) is 0 Å². The molecule has 1 heterocycles. The van der Waals surface area contributed by atoms with Gasteiger partial charge in [-0.2, -0.15) is 5.26 Å². The predicted octanol–water partition coefficient (Wildman–Crippen LogP) is 13.2. The van der Waals surface area contributed by atoms with Crippen LogP contribution < -0.4 is 0 Å². The first-order valence-electron chi connectivity index (χ1n) is 20.2. The summed E-state index contributed by atoms with van der Waals surface area (Å²) >= 11 is 0. The Kier molecular flexibility index (Phi) is 9.61. The first-order valence-corrected chi connectivity index (χ1v) is 20.2. The number of benzene rings is 6. The van der Waals surface area contributed by atoms with Crippen molar-refractivity contribution in [3.63, 3.8) is 0 Å². The van der Waals surface area contributed by atoms with E-state index in [-0.39, 0.29) is 5.41 Å². The van der Waals surface area contributed by atoms with Crippen LogP contribution in [0.4, 0.5) is 0 Å². The number of nitrogens with zero attached hydrogens (tertiary/aromatic N) is 4. The van der Waals surface area contributed by atoms with E-state index in [9.17, 15) is 5.26 Å². The zero-order valence-electron chi connectivity index (χ0n) is 32.2. The molecule has 56 heavy (non-hydrogen) atoms. The van der Waals surface area contributed by atoms with Crippen molar-refractivity contribution in [1.29, 1.82) is 5.26 Å². The molecule has 0 spiro atoms. The van der Waals surface area contributed by atoms with E-state index in [0.29, 0.717) is 23.0 Å². The second-order valence-corrected chi connectivity index (χ2v) is 16.2. The van der Waals surface area contributed by atoms with Crippen LogP contribution in [-0.2, 0) is 5.41 Å². The third-order valence-corrected chi connectivity index (χ3v) is 12.4. The lowest BCUT2D eigenvalue weighted by Crippen LogP contribution is -2.42. The molecule has 4 heteroatoms. The lowest BCUT2D eigenvalue weighted by Gasteiger charge is -2.51. The van der Waals surface area contributed by atoms with Crippen LogP contribution in [0.3, 0.4) is 0 Å². The van der Waals surface area contributed by atoms with E-state index >= 15 is 0 Å². The summed E-state index contributed by atoms with van der Waals surface area (Å²) in [4.78, 5) is 15.3. The van der Waals surface area contributed by atoms with E-state index < -0.39 is 0 Å². The van der Waals surface area contributed by atoms with Gasteiger partial charge in [0.2, 0.25) is 0 Å². The molecule has 1 aromatic heterocycles. The summed E-state index contributed by atoms with van der Waals surface area (Å²) in [7, 11) is 0. The lowest BCUT2D eigenvalue weighted by molar-refractivity contribution is 0.0702. The number of aromatic nitrogens is 3. The maximum Gasteiger partial charge on any atom is 0.164 e. The van der Waals surface area contributed by atoms with Crippen molar-refractivity contribution in [1.82, 2.24) is 15.0 Å². The molecule has 0 N–H and O–H groups in total. The minimum Gasteiger partial charge on any atom is -0.208 e. The summed E-state index contributed by atoms with van der Waals surface area (Å²) in [5, 5.41) is 10.9. The van der Waals surface area contributed by atoms with Gasteiger partial charge >= 0.3 is 0 Å². The van der Waals surface area contributed by atoms with Gasteiger partial charge in [-0.15, -0.1) is 0 Å². The molecular formula is C52H46N4. The van der Waals surface area contributed by atoms with Crippen LogP contribution in [0, 0.1) is 29.1 Å². The van der Waals surface area contributed by atoms with Gasteiger partial charge in [-0.1, -0.05) is 160 Å². The Labute approximate surface area is 331 Å². The van der Waals surface area contributed by atoms with Crippen LogP contribution in [0.25, 0.3) is 67.5 Å². The molecule has 0 amide bonds. The van der Waals surface area contributed by atoms with Crippen LogP contribution in [0.2, 0.25) is 0 Å². The zero-order chi connectivity index (χ0) is 38.1. The normalized spacial score (nSPS) is 20.3. The molecule has 2 aliphatic carbocycles. The second-order valence-electron chi connectivity index (χ2n) is 16.2. The Morgan fingerprint density at radius 3 is 1.77 bits per heavy atom. The molecule has 1 unspecified atom stereocenters. The van der Waals surface area contributed by atoms with Gasteiger partial charge in [0, 0.05) is 22.3 Å². The van der Waals surface area contributed by atoms with Crippen molar-refractivity contribution in [2.75, 3.05) is 0 Å². The smallest absolute Gasteiger partial charge is 0.164 e. The second kappa shape index (κ2) is 15.2. The highest BCUT2D eigenvalue weighted by atomic mass is 15.0. The highest BCUT2D eigenvalue weighted by molar-refractivity contribution is 5.91. The van der Waals surface area contributed by atoms with Crippen LogP contribution in [0.1, 0.15) is 63.5 Å². The van der Waals surface area contributed by atoms with Gasteiger partial charge in [-0.05, 0) is 101 Å². The molecule has 2 bridgehead atoms. The molecule has 4 nitrogen and oxygen atoms in total. The minimum absolute atomic E-state index is 0.246. The highest BCUT2D eigenvalue weighted by Crippen LogP contribution is 2.55. The van der Waals surface area contributed by atoms with Crippen LogP contribution in [-0.4, -0.2) is 15.0 Å². The van der Waals surface area contributed by atoms with Gasteiger partial charge < -0.3 is 0 Å². The first-order chi connectivity index (χ1) is 27.5. The van der Waals surface area contributed by atoms with Crippen LogP contribution in [0.15, 0.2) is 152 Å². The van der Waals surface area contributed by atoms with E-state index in [1.807, 2.05) is 72.8 Å². The quantitative estimate of drug-likeness (QED) is 0.156. The zero-order valence-corrected chi connectivity index (χ0v) is 32.2. The molecular weight excluding hydrogens is 681 g/mol. The summed E-state index contributed by atoms with van der Waals surface area (Å²) in [6.45, 7) is 4.82. The van der Waals surface area contributed by atoms with Crippen molar-refractivity contribution in [3.05, 3.63) is 163 Å². The summed E-state index contributed by atoms with van der Waals surface area (Å²) in [6.07, 6.45) is 7.86. The molecule has 2 saturated carbocycles.